The first-order valence-electron chi connectivity index (χ1n) is 6.61. The van der Waals surface area contributed by atoms with Crippen molar-refractivity contribution in [3.63, 3.8) is 0 Å². The summed E-state index contributed by atoms with van der Waals surface area (Å²) in [6.45, 7) is 0.547. The fourth-order valence-corrected chi connectivity index (χ4v) is 2.19. The van der Waals surface area contributed by atoms with Crippen molar-refractivity contribution in [2.45, 2.75) is 32.0 Å². The summed E-state index contributed by atoms with van der Waals surface area (Å²) in [5.41, 5.74) is 7.81. The summed E-state index contributed by atoms with van der Waals surface area (Å²) in [5, 5.41) is 1.06. The van der Waals surface area contributed by atoms with Crippen molar-refractivity contribution >= 4 is 16.7 Å². The lowest BCUT2D eigenvalue weighted by Gasteiger charge is -2.25. The molecule has 19 heavy (non-hydrogen) atoms. The van der Waals surface area contributed by atoms with Crippen molar-refractivity contribution in [3.8, 4) is 5.75 Å². The minimum Gasteiger partial charge on any atom is -0.497 e. The molecule has 4 heteroatoms. The average molecular weight is 258 g/mol. The van der Waals surface area contributed by atoms with Crippen LogP contribution < -0.4 is 10.5 Å². The second kappa shape index (κ2) is 5.05. The number of fused-ring (bicyclic) bond motifs is 1. The molecular weight excluding hydrogens is 240 g/mol. The van der Waals surface area contributed by atoms with Crippen molar-refractivity contribution in [2.75, 3.05) is 12.8 Å². The third-order valence-electron chi connectivity index (χ3n) is 3.66. The number of methoxy groups -OCH3 is 1. The molecule has 100 valence electrons. The van der Waals surface area contributed by atoms with Crippen molar-refractivity contribution in [2.24, 2.45) is 0 Å². The van der Waals surface area contributed by atoms with Crippen LogP contribution in [0.4, 0.5) is 5.82 Å². The first-order valence-corrected chi connectivity index (χ1v) is 6.61. The predicted molar refractivity (Wildman–Crippen MR) is 75.1 cm³/mol. The van der Waals surface area contributed by atoms with E-state index in [4.69, 9.17) is 15.2 Å². The van der Waals surface area contributed by atoms with Gasteiger partial charge in [0.25, 0.3) is 0 Å². The number of ether oxygens (including phenoxy) is 2. The van der Waals surface area contributed by atoms with E-state index < -0.39 is 0 Å². The van der Waals surface area contributed by atoms with Gasteiger partial charge in [-0.15, -0.1) is 0 Å². The van der Waals surface area contributed by atoms with Crippen LogP contribution >= 0.6 is 0 Å². The van der Waals surface area contributed by atoms with E-state index in [2.05, 4.69) is 11.1 Å². The van der Waals surface area contributed by atoms with E-state index in [1.54, 1.807) is 7.11 Å². The van der Waals surface area contributed by atoms with Crippen molar-refractivity contribution in [3.05, 3.63) is 29.8 Å². The van der Waals surface area contributed by atoms with Crippen LogP contribution in [0.3, 0.4) is 0 Å². The molecule has 2 aromatic rings. The SMILES string of the molecule is COc1ccc2cc(COC3CCC3)c(N)nc2c1. The molecule has 4 nitrogen and oxygen atoms in total. The molecule has 1 aliphatic carbocycles. The van der Waals surface area contributed by atoms with Crippen molar-refractivity contribution in [1.29, 1.82) is 0 Å². The number of benzene rings is 1. The highest BCUT2D eigenvalue weighted by Crippen LogP contribution is 2.26. The molecule has 2 N–H and O–H groups in total. The van der Waals surface area contributed by atoms with E-state index in [1.165, 1.54) is 6.42 Å². The average Bonchev–Trinajstić information content (AvgIpc) is 2.37. The summed E-state index contributed by atoms with van der Waals surface area (Å²) < 4.78 is 11.0. The topological polar surface area (TPSA) is 57.4 Å². The van der Waals surface area contributed by atoms with E-state index in [0.717, 1.165) is 35.1 Å². The van der Waals surface area contributed by atoms with Crippen LogP contribution in [-0.2, 0) is 11.3 Å². The summed E-state index contributed by atoms with van der Waals surface area (Å²) in [5.74, 6) is 1.33. The molecule has 0 bridgehead atoms. The molecule has 1 aromatic heterocycles. The first kappa shape index (κ1) is 12.2. The number of nitrogens with zero attached hydrogens (tertiary/aromatic N) is 1. The lowest BCUT2D eigenvalue weighted by atomic mass is 9.96. The monoisotopic (exact) mass is 258 g/mol. The van der Waals surface area contributed by atoms with Crippen LogP contribution in [0.25, 0.3) is 10.9 Å². The Morgan fingerprint density at radius 2 is 2.16 bits per heavy atom. The van der Waals surface area contributed by atoms with Gasteiger partial charge >= 0.3 is 0 Å². The third-order valence-corrected chi connectivity index (χ3v) is 3.66. The molecule has 0 atom stereocenters. The molecule has 1 saturated carbocycles. The van der Waals surface area contributed by atoms with Crippen LogP contribution in [0, 0.1) is 0 Å². The van der Waals surface area contributed by atoms with E-state index >= 15 is 0 Å². The summed E-state index contributed by atoms with van der Waals surface area (Å²) >= 11 is 0. The zero-order valence-electron chi connectivity index (χ0n) is 11.1. The summed E-state index contributed by atoms with van der Waals surface area (Å²) in [6.07, 6.45) is 4.01. The molecule has 0 amide bonds. The molecule has 1 fully saturated rings. The molecule has 0 spiro atoms. The molecule has 0 aliphatic heterocycles. The number of pyridine rings is 1. The Labute approximate surface area is 112 Å². The summed E-state index contributed by atoms with van der Waals surface area (Å²) in [4.78, 5) is 4.42. The van der Waals surface area contributed by atoms with Gasteiger partial charge in [-0.1, -0.05) is 0 Å². The maximum absolute atomic E-state index is 5.99. The Morgan fingerprint density at radius 3 is 2.84 bits per heavy atom. The lowest BCUT2D eigenvalue weighted by Crippen LogP contribution is -2.21. The van der Waals surface area contributed by atoms with Crippen LogP contribution in [0.15, 0.2) is 24.3 Å². The molecule has 0 saturated heterocycles. The molecular formula is C15H18N2O2. The van der Waals surface area contributed by atoms with Crippen molar-refractivity contribution < 1.29 is 9.47 Å². The first-order chi connectivity index (χ1) is 9.26. The quantitative estimate of drug-likeness (QED) is 0.916. The number of aromatic nitrogens is 1. The van der Waals surface area contributed by atoms with Gasteiger partial charge in [0.15, 0.2) is 0 Å². The van der Waals surface area contributed by atoms with Crippen molar-refractivity contribution in [1.82, 2.24) is 4.98 Å². The van der Waals surface area contributed by atoms with Crippen LogP contribution in [0.2, 0.25) is 0 Å². The highest BCUT2D eigenvalue weighted by Gasteiger charge is 2.18. The standard InChI is InChI=1S/C15H18N2O2/c1-18-13-6-5-10-7-11(9-19-12-3-2-4-12)15(16)17-14(10)8-13/h5-8,12H,2-4,9H2,1H3,(H2,16,17). The molecule has 1 heterocycles. The number of hydrogen-bond acceptors (Lipinski definition) is 4. The number of anilines is 1. The smallest absolute Gasteiger partial charge is 0.129 e. The molecule has 1 aliphatic rings. The second-order valence-corrected chi connectivity index (χ2v) is 4.96. The Kier molecular flexibility index (Phi) is 3.25. The number of rotatable bonds is 4. The minimum absolute atomic E-state index is 0.408. The van der Waals surface area contributed by atoms with Gasteiger partial charge < -0.3 is 15.2 Å². The second-order valence-electron chi connectivity index (χ2n) is 4.96. The van der Waals surface area contributed by atoms with Gasteiger partial charge in [0.1, 0.15) is 11.6 Å². The molecule has 0 unspecified atom stereocenters. The maximum atomic E-state index is 5.99. The molecule has 3 rings (SSSR count). The predicted octanol–water partition coefficient (Wildman–Crippen LogP) is 2.89. The maximum Gasteiger partial charge on any atom is 0.129 e. The van der Waals surface area contributed by atoms with Gasteiger partial charge in [0.2, 0.25) is 0 Å². The highest BCUT2D eigenvalue weighted by atomic mass is 16.5. The highest BCUT2D eigenvalue weighted by molar-refractivity contribution is 5.82. The van der Waals surface area contributed by atoms with Crippen LogP contribution in [0.1, 0.15) is 24.8 Å². The number of nitrogen functional groups attached to an aromatic ring is 1. The Hall–Kier alpha value is -1.81. The fourth-order valence-electron chi connectivity index (χ4n) is 2.19. The summed E-state index contributed by atoms with van der Waals surface area (Å²) in [7, 11) is 1.64. The molecule has 0 radical (unpaired) electrons. The largest absolute Gasteiger partial charge is 0.497 e. The van der Waals surface area contributed by atoms with Crippen LogP contribution in [0.5, 0.6) is 5.75 Å². The molecule has 1 aromatic carbocycles. The lowest BCUT2D eigenvalue weighted by molar-refractivity contribution is -0.00844. The fraction of sp³-hybridized carbons (Fsp3) is 0.400. The van der Waals surface area contributed by atoms with Gasteiger partial charge in [0.05, 0.1) is 25.3 Å². The van der Waals surface area contributed by atoms with E-state index in [-0.39, 0.29) is 0 Å². The number of nitrogens with two attached hydrogens (primary N) is 1. The van der Waals surface area contributed by atoms with Crippen LogP contribution in [-0.4, -0.2) is 18.2 Å². The van der Waals surface area contributed by atoms with Gasteiger partial charge in [0, 0.05) is 17.0 Å². The van der Waals surface area contributed by atoms with E-state index in [9.17, 15) is 0 Å². The zero-order chi connectivity index (χ0) is 13.2. The van der Waals surface area contributed by atoms with Gasteiger partial charge in [-0.2, -0.15) is 0 Å². The van der Waals surface area contributed by atoms with E-state index in [0.29, 0.717) is 18.5 Å². The Bertz CT molecular complexity index is 594. The van der Waals surface area contributed by atoms with Gasteiger partial charge in [-0.3, -0.25) is 0 Å². The Morgan fingerprint density at radius 1 is 1.32 bits per heavy atom. The third kappa shape index (κ3) is 2.49. The normalized spacial score (nSPS) is 15.4. The summed E-state index contributed by atoms with van der Waals surface area (Å²) in [6, 6.07) is 7.86. The minimum atomic E-state index is 0.408. The Balaban J connectivity index is 1.85. The van der Waals surface area contributed by atoms with E-state index in [1.807, 2.05) is 18.2 Å². The number of hydrogen-bond donors (Lipinski definition) is 1. The zero-order valence-corrected chi connectivity index (χ0v) is 11.1. The van der Waals surface area contributed by atoms with Gasteiger partial charge in [-0.05, 0) is 37.5 Å². The van der Waals surface area contributed by atoms with Gasteiger partial charge in [-0.25, -0.2) is 4.98 Å².